The lowest BCUT2D eigenvalue weighted by atomic mass is 9.65. The van der Waals surface area contributed by atoms with Crippen molar-refractivity contribution >= 4 is 5.78 Å². The molecule has 0 unspecified atom stereocenters. The summed E-state index contributed by atoms with van der Waals surface area (Å²) in [6, 6.07) is 33.9. The monoisotopic (exact) mass is 743 g/mol. The molecule has 0 saturated heterocycles. The number of benzene rings is 5. The SMILES string of the molecule is NCOc1cc(CCC(=O)C[C@H](O)[C@H]2C[C@@H](Cc3ccccc3)[C@@H]3C[C@H](Cc4ccccc4)[C@@H]2c2cc(O)c(O)c(OCc4cccc(O)c4)c23)ccc1O. The summed E-state index contributed by atoms with van der Waals surface area (Å²) >= 11 is 0. The van der Waals surface area contributed by atoms with Crippen LogP contribution in [0.1, 0.15) is 70.9 Å². The molecule has 286 valence electrons. The van der Waals surface area contributed by atoms with E-state index in [0.717, 1.165) is 35.1 Å². The van der Waals surface area contributed by atoms with Gasteiger partial charge in [-0.2, -0.15) is 0 Å². The lowest BCUT2D eigenvalue weighted by molar-refractivity contribution is -0.122. The van der Waals surface area contributed by atoms with Crippen molar-refractivity contribution < 1.29 is 39.8 Å². The number of phenolic OH excluding ortho intramolecular Hbond substituents is 4. The summed E-state index contributed by atoms with van der Waals surface area (Å²) in [6.07, 6.45) is 2.45. The Morgan fingerprint density at radius 1 is 0.727 bits per heavy atom. The van der Waals surface area contributed by atoms with Gasteiger partial charge >= 0.3 is 0 Å². The summed E-state index contributed by atoms with van der Waals surface area (Å²) in [5, 5.41) is 55.2. The van der Waals surface area contributed by atoms with Gasteiger partial charge < -0.3 is 35.0 Å². The fraction of sp³-hybridized carbons (Fsp3) is 0.326. The lowest BCUT2D eigenvalue weighted by Gasteiger charge is -2.40. The first-order valence-electron chi connectivity index (χ1n) is 19.1. The summed E-state index contributed by atoms with van der Waals surface area (Å²) in [7, 11) is 0. The van der Waals surface area contributed by atoms with Crippen LogP contribution in [-0.2, 0) is 30.7 Å². The van der Waals surface area contributed by atoms with E-state index < -0.39 is 6.10 Å². The third kappa shape index (κ3) is 8.58. The lowest BCUT2D eigenvalue weighted by Crippen LogP contribution is -2.34. The minimum Gasteiger partial charge on any atom is -0.508 e. The smallest absolute Gasteiger partial charge is 0.200 e. The van der Waals surface area contributed by atoms with E-state index in [2.05, 4.69) is 24.3 Å². The quantitative estimate of drug-likeness (QED) is 0.0467. The molecule has 2 bridgehead atoms. The van der Waals surface area contributed by atoms with Crippen LogP contribution in [0.3, 0.4) is 0 Å². The number of carbonyl (C=O) groups is 1. The number of Topliss-reactive ketones (excluding diaryl/α,β-unsaturated/α-hetero) is 1. The van der Waals surface area contributed by atoms with E-state index in [-0.39, 0.29) is 96.0 Å². The zero-order valence-electron chi connectivity index (χ0n) is 30.8. The minimum absolute atomic E-state index is 0.0201. The Bertz CT molecular complexity index is 2090. The van der Waals surface area contributed by atoms with Gasteiger partial charge in [0.1, 0.15) is 24.9 Å². The van der Waals surface area contributed by atoms with Crippen LogP contribution in [0.4, 0.5) is 0 Å². The highest BCUT2D eigenvalue weighted by Crippen LogP contribution is 2.62. The number of aromatic hydroxyl groups is 4. The van der Waals surface area contributed by atoms with Gasteiger partial charge in [0.15, 0.2) is 23.0 Å². The number of carbonyl (C=O) groups excluding carboxylic acids is 1. The van der Waals surface area contributed by atoms with Gasteiger partial charge in [-0.25, -0.2) is 0 Å². The number of ether oxygens (including phenoxy) is 2. The highest BCUT2D eigenvalue weighted by molar-refractivity contribution is 5.79. The zero-order valence-corrected chi connectivity index (χ0v) is 30.8. The molecule has 55 heavy (non-hydrogen) atoms. The molecule has 0 radical (unpaired) electrons. The van der Waals surface area contributed by atoms with Crippen molar-refractivity contribution in [3.8, 4) is 34.5 Å². The molecule has 0 heterocycles. The molecule has 3 aliphatic rings. The molecule has 5 aromatic rings. The molecule has 6 atom stereocenters. The van der Waals surface area contributed by atoms with Gasteiger partial charge in [0.05, 0.1) is 6.10 Å². The van der Waals surface area contributed by atoms with E-state index in [1.54, 1.807) is 36.4 Å². The van der Waals surface area contributed by atoms with Crippen LogP contribution in [0.15, 0.2) is 109 Å². The number of ketones is 1. The van der Waals surface area contributed by atoms with Crippen molar-refractivity contribution in [1.29, 1.82) is 0 Å². The fourth-order valence-corrected chi connectivity index (χ4v) is 9.14. The van der Waals surface area contributed by atoms with Crippen molar-refractivity contribution in [2.45, 2.75) is 69.5 Å². The van der Waals surface area contributed by atoms with Gasteiger partial charge in [-0.3, -0.25) is 10.5 Å². The predicted octanol–water partition coefficient (Wildman–Crippen LogP) is 7.64. The predicted molar refractivity (Wildman–Crippen MR) is 209 cm³/mol. The van der Waals surface area contributed by atoms with E-state index in [9.17, 15) is 30.3 Å². The Balaban J connectivity index is 1.26. The van der Waals surface area contributed by atoms with Gasteiger partial charge in [0.25, 0.3) is 0 Å². The van der Waals surface area contributed by atoms with Crippen molar-refractivity contribution in [2.24, 2.45) is 23.5 Å². The molecule has 1 saturated carbocycles. The molecule has 0 amide bonds. The number of fused-ring (bicyclic) bond motifs is 3. The molecule has 0 aliphatic heterocycles. The zero-order chi connectivity index (χ0) is 38.5. The number of aryl methyl sites for hydroxylation is 1. The second kappa shape index (κ2) is 16.9. The minimum atomic E-state index is -0.970. The highest BCUT2D eigenvalue weighted by Gasteiger charge is 2.50. The molecule has 0 spiro atoms. The number of hydrogen-bond acceptors (Lipinski definition) is 9. The average Bonchev–Trinajstić information content (AvgIpc) is 3.40. The molecule has 1 fully saturated rings. The molecule has 3 aliphatic carbocycles. The largest absolute Gasteiger partial charge is 0.508 e. The number of nitrogens with two attached hydrogens (primary N) is 1. The van der Waals surface area contributed by atoms with E-state index in [0.29, 0.717) is 24.8 Å². The van der Waals surface area contributed by atoms with E-state index in [1.807, 2.05) is 42.5 Å². The first-order valence-corrected chi connectivity index (χ1v) is 19.1. The Hall–Kier alpha value is -5.51. The molecule has 8 rings (SSSR count). The van der Waals surface area contributed by atoms with Crippen molar-refractivity contribution in [2.75, 3.05) is 6.73 Å². The number of aliphatic hydroxyl groups is 1. The maximum absolute atomic E-state index is 13.7. The fourth-order valence-electron chi connectivity index (χ4n) is 9.14. The van der Waals surface area contributed by atoms with Crippen LogP contribution < -0.4 is 15.2 Å². The normalized spacial score (nSPS) is 20.7. The van der Waals surface area contributed by atoms with Gasteiger partial charge in [0.2, 0.25) is 5.75 Å². The summed E-state index contributed by atoms with van der Waals surface area (Å²) in [5.41, 5.74) is 11.0. The number of phenols is 4. The standard InChI is InChI=1S/C46H49NO8/c47-27-55-42-21-30(15-17-39(42)50)14-16-35(49)24-40(51)37-22-32(18-28-8-3-1-4-9-28)36-23-33(19-29-10-5-2-6-11-29)43(37)38-25-41(52)45(53)46(44(36)38)54-26-31-12-7-13-34(48)20-31/h1-13,15,17,20-21,25,32-33,36-37,40,43,48,50-53H,14,16,18-19,22-24,26-27,47H2/t32-,33+,36+,37-,40+,43+/m1/s1. The first kappa shape index (κ1) is 37.8. The number of hydrogen-bond donors (Lipinski definition) is 6. The summed E-state index contributed by atoms with van der Waals surface area (Å²) in [5.74, 6) is -0.733. The molecular formula is C46H49NO8. The number of rotatable bonds is 15. The Kier molecular flexibility index (Phi) is 11.6. The first-order chi connectivity index (χ1) is 26.7. The summed E-state index contributed by atoms with van der Waals surface area (Å²) < 4.78 is 11.7. The molecule has 9 heteroatoms. The second-order valence-corrected chi connectivity index (χ2v) is 15.1. The molecule has 9 nitrogen and oxygen atoms in total. The van der Waals surface area contributed by atoms with Crippen molar-refractivity contribution in [3.05, 3.63) is 143 Å². The molecule has 7 N–H and O–H groups in total. The van der Waals surface area contributed by atoms with Crippen LogP contribution >= 0.6 is 0 Å². The van der Waals surface area contributed by atoms with Gasteiger partial charge in [-0.15, -0.1) is 0 Å². The van der Waals surface area contributed by atoms with Crippen molar-refractivity contribution in [3.63, 3.8) is 0 Å². The highest BCUT2D eigenvalue weighted by atomic mass is 16.5. The molecule has 5 aromatic carbocycles. The Labute approximate surface area is 321 Å². The van der Waals surface area contributed by atoms with Crippen molar-refractivity contribution in [1.82, 2.24) is 0 Å². The van der Waals surface area contributed by atoms with Crippen LogP contribution in [0.5, 0.6) is 34.5 Å². The second-order valence-electron chi connectivity index (χ2n) is 15.1. The van der Waals surface area contributed by atoms with Crippen LogP contribution in [-0.4, -0.2) is 44.2 Å². The van der Waals surface area contributed by atoms with Gasteiger partial charge in [-0.1, -0.05) is 78.9 Å². The Morgan fingerprint density at radius 2 is 1.42 bits per heavy atom. The molecule has 0 aromatic heterocycles. The van der Waals surface area contributed by atoms with Crippen LogP contribution in [0.2, 0.25) is 0 Å². The van der Waals surface area contributed by atoms with E-state index >= 15 is 0 Å². The van der Waals surface area contributed by atoms with Crippen LogP contribution in [0.25, 0.3) is 0 Å². The van der Waals surface area contributed by atoms with Crippen LogP contribution in [0, 0.1) is 17.8 Å². The number of aliphatic hydroxyl groups excluding tert-OH is 1. The third-order valence-electron chi connectivity index (χ3n) is 11.6. The molecular weight excluding hydrogens is 695 g/mol. The summed E-state index contributed by atoms with van der Waals surface area (Å²) in [6.45, 7) is -0.0265. The van der Waals surface area contributed by atoms with Gasteiger partial charge in [-0.05, 0) is 120 Å². The maximum atomic E-state index is 13.7. The Morgan fingerprint density at radius 3 is 2.11 bits per heavy atom. The summed E-state index contributed by atoms with van der Waals surface area (Å²) in [4.78, 5) is 13.7. The topological polar surface area (TPSA) is 163 Å². The van der Waals surface area contributed by atoms with E-state index in [4.69, 9.17) is 15.2 Å². The maximum Gasteiger partial charge on any atom is 0.200 e. The van der Waals surface area contributed by atoms with E-state index in [1.165, 1.54) is 11.6 Å². The average molecular weight is 744 g/mol. The van der Waals surface area contributed by atoms with Gasteiger partial charge in [0, 0.05) is 18.4 Å². The third-order valence-corrected chi connectivity index (χ3v) is 11.6.